The van der Waals surface area contributed by atoms with Gasteiger partial charge in [-0.2, -0.15) is 0 Å². The van der Waals surface area contributed by atoms with E-state index in [2.05, 4.69) is 9.97 Å². The molecule has 0 atom stereocenters. The van der Waals surface area contributed by atoms with Crippen molar-refractivity contribution in [3.63, 3.8) is 0 Å². The second kappa shape index (κ2) is 7.48. The normalized spacial score (nSPS) is 10.7. The highest BCUT2D eigenvalue weighted by Gasteiger charge is 2.07. The molecule has 0 fully saturated rings. The SMILES string of the molecule is Cl.O=c1[nH]c2ccc(Cl)cc2c(=O)n1CCCCn1ccnc1. The van der Waals surface area contributed by atoms with Gasteiger partial charge in [0.2, 0.25) is 0 Å². The van der Waals surface area contributed by atoms with Crippen LogP contribution in [-0.2, 0) is 13.1 Å². The first-order chi connectivity index (χ1) is 10.6. The van der Waals surface area contributed by atoms with Gasteiger partial charge >= 0.3 is 5.69 Å². The van der Waals surface area contributed by atoms with Gasteiger partial charge in [0.05, 0.1) is 17.2 Å². The van der Waals surface area contributed by atoms with Crippen LogP contribution in [0.1, 0.15) is 12.8 Å². The summed E-state index contributed by atoms with van der Waals surface area (Å²) in [4.78, 5) is 31.1. The Morgan fingerprint density at radius 3 is 2.70 bits per heavy atom. The number of aromatic nitrogens is 4. The van der Waals surface area contributed by atoms with Crippen molar-refractivity contribution in [2.45, 2.75) is 25.9 Å². The molecule has 0 amide bonds. The van der Waals surface area contributed by atoms with Gasteiger partial charge in [0.1, 0.15) is 0 Å². The Kier molecular flexibility index (Phi) is 5.63. The van der Waals surface area contributed by atoms with Crippen molar-refractivity contribution in [1.82, 2.24) is 19.1 Å². The molecule has 0 aliphatic heterocycles. The Bertz CT molecular complexity index is 900. The number of H-pyrrole nitrogens is 1. The number of halogens is 2. The first kappa shape index (κ1) is 17.3. The number of hydrogen-bond donors (Lipinski definition) is 1. The lowest BCUT2D eigenvalue weighted by Gasteiger charge is -2.07. The van der Waals surface area contributed by atoms with Gasteiger partial charge in [-0.15, -0.1) is 12.4 Å². The third kappa shape index (κ3) is 3.83. The van der Waals surface area contributed by atoms with E-state index >= 15 is 0 Å². The number of rotatable bonds is 5. The maximum Gasteiger partial charge on any atom is 0.328 e. The zero-order valence-electron chi connectivity index (χ0n) is 12.2. The third-order valence-electron chi connectivity index (χ3n) is 3.55. The van der Waals surface area contributed by atoms with Gasteiger partial charge in [-0.25, -0.2) is 9.78 Å². The van der Waals surface area contributed by atoms with Crippen LogP contribution in [0.5, 0.6) is 0 Å². The van der Waals surface area contributed by atoms with E-state index in [0.717, 1.165) is 19.4 Å². The molecule has 23 heavy (non-hydrogen) atoms. The minimum absolute atomic E-state index is 0. The van der Waals surface area contributed by atoms with Crippen LogP contribution in [0.15, 0.2) is 46.5 Å². The Morgan fingerprint density at radius 2 is 1.96 bits per heavy atom. The minimum atomic E-state index is -0.387. The molecule has 0 aliphatic carbocycles. The predicted octanol–water partition coefficient (Wildman–Crippen LogP) is 2.44. The molecule has 0 saturated carbocycles. The number of unbranched alkanes of at least 4 members (excludes halogenated alkanes) is 1. The van der Waals surface area contributed by atoms with E-state index < -0.39 is 0 Å². The molecule has 1 aromatic carbocycles. The summed E-state index contributed by atoms with van der Waals surface area (Å²) in [6, 6.07) is 4.87. The van der Waals surface area contributed by atoms with E-state index in [1.165, 1.54) is 4.57 Å². The van der Waals surface area contributed by atoms with Gasteiger partial charge in [-0.3, -0.25) is 9.36 Å². The van der Waals surface area contributed by atoms with Crippen molar-refractivity contribution in [3.8, 4) is 0 Å². The number of nitrogens with zero attached hydrogens (tertiary/aromatic N) is 3. The summed E-state index contributed by atoms with van der Waals surface area (Å²) in [5.74, 6) is 0. The van der Waals surface area contributed by atoms with Crippen LogP contribution in [-0.4, -0.2) is 19.1 Å². The topological polar surface area (TPSA) is 72.7 Å². The molecule has 3 aromatic rings. The summed E-state index contributed by atoms with van der Waals surface area (Å²) >= 11 is 5.92. The molecule has 0 bridgehead atoms. The van der Waals surface area contributed by atoms with E-state index in [1.807, 2.05) is 10.8 Å². The summed E-state index contributed by atoms with van der Waals surface area (Å²) in [5.41, 5.74) is -0.180. The van der Waals surface area contributed by atoms with E-state index in [4.69, 9.17) is 11.6 Å². The lowest BCUT2D eigenvalue weighted by molar-refractivity contribution is 0.532. The number of benzene rings is 1. The first-order valence-electron chi connectivity index (χ1n) is 7.03. The lowest BCUT2D eigenvalue weighted by Crippen LogP contribution is -2.35. The molecule has 0 spiro atoms. The highest BCUT2D eigenvalue weighted by molar-refractivity contribution is 6.31. The number of aryl methyl sites for hydroxylation is 1. The van der Waals surface area contributed by atoms with E-state index in [1.54, 1.807) is 30.7 Å². The average molecular weight is 355 g/mol. The number of hydrogen-bond acceptors (Lipinski definition) is 3. The van der Waals surface area contributed by atoms with Gasteiger partial charge in [0.15, 0.2) is 0 Å². The third-order valence-corrected chi connectivity index (χ3v) is 3.79. The molecule has 0 radical (unpaired) electrons. The molecule has 0 aliphatic rings. The molecule has 0 saturated heterocycles. The molecule has 3 rings (SSSR count). The Balaban J connectivity index is 0.00000192. The summed E-state index contributed by atoms with van der Waals surface area (Å²) in [6.07, 6.45) is 6.94. The van der Waals surface area contributed by atoms with Crippen molar-refractivity contribution < 1.29 is 0 Å². The minimum Gasteiger partial charge on any atom is -0.337 e. The maximum atomic E-state index is 12.4. The number of fused-ring (bicyclic) bond motifs is 1. The molecule has 2 heterocycles. The molecule has 1 N–H and O–H groups in total. The quantitative estimate of drug-likeness (QED) is 0.715. The van der Waals surface area contributed by atoms with Crippen molar-refractivity contribution in [2.75, 3.05) is 0 Å². The van der Waals surface area contributed by atoms with Crippen LogP contribution in [0.2, 0.25) is 5.02 Å². The van der Waals surface area contributed by atoms with Crippen molar-refractivity contribution in [1.29, 1.82) is 0 Å². The average Bonchev–Trinajstić information content (AvgIpc) is 3.00. The summed E-state index contributed by atoms with van der Waals surface area (Å²) < 4.78 is 3.19. The number of aromatic amines is 1. The van der Waals surface area contributed by atoms with Crippen LogP contribution >= 0.6 is 24.0 Å². The van der Waals surface area contributed by atoms with Crippen LogP contribution in [0.4, 0.5) is 0 Å². The monoisotopic (exact) mass is 354 g/mol. The van der Waals surface area contributed by atoms with Gasteiger partial charge in [0.25, 0.3) is 5.56 Å². The largest absolute Gasteiger partial charge is 0.337 e. The highest BCUT2D eigenvalue weighted by atomic mass is 35.5. The maximum absolute atomic E-state index is 12.4. The fourth-order valence-electron chi connectivity index (χ4n) is 2.41. The first-order valence-corrected chi connectivity index (χ1v) is 7.41. The van der Waals surface area contributed by atoms with Gasteiger partial charge in [0, 0.05) is 30.5 Å². The Hall–Kier alpha value is -2.05. The second-order valence-electron chi connectivity index (χ2n) is 5.08. The smallest absolute Gasteiger partial charge is 0.328 e. The number of nitrogens with one attached hydrogen (secondary N) is 1. The fourth-order valence-corrected chi connectivity index (χ4v) is 2.58. The Labute approximate surface area is 143 Å². The summed E-state index contributed by atoms with van der Waals surface area (Å²) in [5, 5.41) is 0.907. The predicted molar refractivity (Wildman–Crippen MR) is 92.5 cm³/mol. The molecule has 2 aromatic heterocycles. The highest BCUT2D eigenvalue weighted by Crippen LogP contribution is 2.13. The van der Waals surface area contributed by atoms with Gasteiger partial charge in [-0.05, 0) is 31.0 Å². The number of imidazole rings is 1. The summed E-state index contributed by atoms with van der Waals surface area (Å²) in [7, 11) is 0. The fraction of sp³-hybridized carbons (Fsp3) is 0.267. The molecule has 0 unspecified atom stereocenters. The molecular formula is C15H16Cl2N4O2. The van der Waals surface area contributed by atoms with Crippen molar-refractivity contribution in [2.24, 2.45) is 0 Å². The van der Waals surface area contributed by atoms with Crippen molar-refractivity contribution in [3.05, 3.63) is 62.8 Å². The second-order valence-corrected chi connectivity index (χ2v) is 5.52. The standard InChI is InChI=1S/C15H15ClN4O2.ClH/c16-11-3-4-13-12(9-11)14(21)20(15(22)18-13)7-2-1-6-19-8-5-17-10-19;/h3-5,8-10H,1-2,6-7H2,(H,18,22);1H. The van der Waals surface area contributed by atoms with E-state index in [0.29, 0.717) is 22.5 Å². The molecular weight excluding hydrogens is 339 g/mol. The van der Waals surface area contributed by atoms with Gasteiger partial charge < -0.3 is 9.55 Å². The van der Waals surface area contributed by atoms with Crippen LogP contribution in [0.25, 0.3) is 10.9 Å². The van der Waals surface area contributed by atoms with E-state index in [-0.39, 0.29) is 23.7 Å². The van der Waals surface area contributed by atoms with Gasteiger partial charge in [-0.1, -0.05) is 11.6 Å². The van der Waals surface area contributed by atoms with Crippen LogP contribution in [0, 0.1) is 0 Å². The molecule has 122 valence electrons. The van der Waals surface area contributed by atoms with Crippen LogP contribution < -0.4 is 11.2 Å². The van der Waals surface area contributed by atoms with Crippen molar-refractivity contribution >= 4 is 34.9 Å². The van der Waals surface area contributed by atoms with Crippen LogP contribution in [0.3, 0.4) is 0 Å². The zero-order chi connectivity index (χ0) is 15.5. The zero-order valence-corrected chi connectivity index (χ0v) is 13.8. The Morgan fingerprint density at radius 1 is 1.17 bits per heavy atom. The van der Waals surface area contributed by atoms with E-state index in [9.17, 15) is 9.59 Å². The lowest BCUT2D eigenvalue weighted by atomic mass is 10.2. The summed E-state index contributed by atoms with van der Waals surface area (Å²) in [6.45, 7) is 1.19. The molecule has 6 nitrogen and oxygen atoms in total. The molecule has 8 heteroatoms.